The quantitative estimate of drug-likeness (QED) is 0.563. The highest BCUT2D eigenvalue weighted by molar-refractivity contribution is 7.99. The van der Waals surface area contributed by atoms with Gasteiger partial charge in [-0.1, -0.05) is 72.4 Å². The number of carbonyl (C=O) groups excluding carboxylic acids is 1. The van der Waals surface area contributed by atoms with Gasteiger partial charge in [-0.25, -0.2) is 0 Å². The molecule has 0 saturated carbocycles. The molecule has 0 radical (unpaired) electrons. The van der Waals surface area contributed by atoms with Gasteiger partial charge >= 0.3 is 0 Å². The van der Waals surface area contributed by atoms with Gasteiger partial charge in [-0.05, 0) is 18.1 Å². The average Bonchev–Trinajstić information content (AvgIpc) is 3.07. The van der Waals surface area contributed by atoms with Crippen LogP contribution in [0.3, 0.4) is 0 Å². The number of carbonyl (C=O) groups is 1. The van der Waals surface area contributed by atoms with Crippen LogP contribution in [0.25, 0.3) is 0 Å². The summed E-state index contributed by atoms with van der Waals surface area (Å²) in [5, 5.41) is 18.4. The van der Waals surface area contributed by atoms with Crippen molar-refractivity contribution in [1.82, 2.24) is 19.7 Å². The van der Waals surface area contributed by atoms with Crippen molar-refractivity contribution < 1.29 is 9.90 Å². The van der Waals surface area contributed by atoms with Gasteiger partial charge in [-0.15, -0.1) is 10.2 Å². The van der Waals surface area contributed by atoms with E-state index in [2.05, 4.69) is 22.3 Å². The number of aryl methyl sites for hydroxylation is 1. The lowest BCUT2D eigenvalue weighted by atomic mass is 10.2. The minimum Gasteiger partial charge on any atom is -0.395 e. The highest BCUT2D eigenvalue weighted by atomic mass is 32.2. The third-order valence-corrected chi connectivity index (χ3v) is 5.30. The maximum atomic E-state index is 12.7. The smallest absolute Gasteiger partial charge is 0.233 e. The Morgan fingerprint density at radius 2 is 1.68 bits per heavy atom. The van der Waals surface area contributed by atoms with Crippen LogP contribution >= 0.6 is 11.8 Å². The lowest BCUT2D eigenvalue weighted by Gasteiger charge is -2.21. The number of aromatic nitrogens is 3. The predicted octanol–water partition coefficient (Wildman–Crippen LogP) is 2.75. The Kier molecular flexibility index (Phi) is 7.22. The average molecular weight is 397 g/mol. The Morgan fingerprint density at radius 3 is 2.32 bits per heavy atom. The van der Waals surface area contributed by atoms with Gasteiger partial charge in [0.1, 0.15) is 5.82 Å². The molecule has 0 bridgehead atoms. The summed E-state index contributed by atoms with van der Waals surface area (Å²) >= 11 is 1.38. The highest BCUT2D eigenvalue weighted by Crippen LogP contribution is 2.19. The fourth-order valence-corrected chi connectivity index (χ4v) is 3.74. The van der Waals surface area contributed by atoms with Crippen molar-refractivity contribution in [2.24, 2.45) is 0 Å². The van der Waals surface area contributed by atoms with Crippen LogP contribution in [0.2, 0.25) is 0 Å². The Balaban J connectivity index is 1.64. The molecular formula is C21H24N4O2S. The summed E-state index contributed by atoms with van der Waals surface area (Å²) in [5.41, 5.74) is 2.20. The van der Waals surface area contributed by atoms with Gasteiger partial charge in [-0.2, -0.15) is 0 Å². The molecule has 28 heavy (non-hydrogen) atoms. The molecule has 6 nitrogen and oxygen atoms in total. The third kappa shape index (κ3) is 5.43. The van der Waals surface area contributed by atoms with Crippen LogP contribution in [-0.2, 0) is 17.9 Å². The Labute approximate surface area is 169 Å². The zero-order valence-corrected chi connectivity index (χ0v) is 16.7. The molecule has 0 aliphatic rings. The molecule has 146 valence electrons. The van der Waals surface area contributed by atoms with Crippen LogP contribution < -0.4 is 0 Å². The van der Waals surface area contributed by atoms with Crippen molar-refractivity contribution in [3.05, 3.63) is 77.6 Å². The van der Waals surface area contributed by atoms with Gasteiger partial charge in [-0.3, -0.25) is 4.79 Å². The molecule has 1 amide bonds. The van der Waals surface area contributed by atoms with E-state index < -0.39 is 0 Å². The van der Waals surface area contributed by atoms with E-state index in [4.69, 9.17) is 0 Å². The molecule has 7 heteroatoms. The minimum absolute atomic E-state index is 0.0326. The summed E-state index contributed by atoms with van der Waals surface area (Å²) in [6.45, 7) is 3.31. The van der Waals surface area contributed by atoms with E-state index in [-0.39, 0.29) is 18.3 Å². The number of rotatable bonds is 9. The molecule has 0 aliphatic heterocycles. The van der Waals surface area contributed by atoms with E-state index in [1.54, 1.807) is 4.90 Å². The molecule has 0 spiro atoms. The number of nitrogens with zero attached hydrogens (tertiary/aromatic N) is 4. The van der Waals surface area contributed by atoms with E-state index in [9.17, 15) is 9.90 Å². The van der Waals surface area contributed by atoms with Crippen LogP contribution in [-0.4, -0.2) is 49.6 Å². The molecule has 0 saturated heterocycles. The summed E-state index contributed by atoms with van der Waals surface area (Å²) in [6, 6.07) is 19.9. The maximum Gasteiger partial charge on any atom is 0.233 e. The second-order valence-corrected chi connectivity index (χ2v) is 7.36. The van der Waals surface area contributed by atoms with Crippen LogP contribution in [0, 0.1) is 6.92 Å². The van der Waals surface area contributed by atoms with Gasteiger partial charge in [0.05, 0.1) is 18.9 Å². The Morgan fingerprint density at radius 1 is 1.04 bits per heavy atom. The van der Waals surface area contributed by atoms with Crippen molar-refractivity contribution in [2.45, 2.75) is 25.2 Å². The minimum atomic E-state index is -0.0630. The number of amides is 1. The monoisotopic (exact) mass is 396 g/mol. The van der Waals surface area contributed by atoms with Crippen LogP contribution in [0.4, 0.5) is 0 Å². The van der Waals surface area contributed by atoms with Crippen molar-refractivity contribution >= 4 is 17.7 Å². The van der Waals surface area contributed by atoms with E-state index >= 15 is 0 Å². The van der Waals surface area contributed by atoms with E-state index in [0.717, 1.165) is 22.1 Å². The molecule has 3 aromatic rings. The fourth-order valence-electron chi connectivity index (χ4n) is 2.85. The van der Waals surface area contributed by atoms with Crippen molar-refractivity contribution in [3.8, 4) is 0 Å². The molecule has 1 heterocycles. The molecule has 0 atom stereocenters. The van der Waals surface area contributed by atoms with Gasteiger partial charge < -0.3 is 14.6 Å². The van der Waals surface area contributed by atoms with Crippen LogP contribution in [0.1, 0.15) is 17.0 Å². The molecule has 1 aromatic heterocycles. The summed E-state index contributed by atoms with van der Waals surface area (Å²) in [5.74, 6) is 1.03. The molecule has 0 unspecified atom stereocenters. The zero-order valence-electron chi connectivity index (χ0n) is 15.9. The lowest BCUT2D eigenvalue weighted by molar-refractivity contribution is -0.129. The van der Waals surface area contributed by atoms with Crippen molar-refractivity contribution in [2.75, 3.05) is 18.9 Å². The van der Waals surface area contributed by atoms with E-state index in [1.807, 2.05) is 60.0 Å². The number of hydrogen-bond acceptors (Lipinski definition) is 5. The van der Waals surface area contributed by atoms with Crippen LogP contribution in [0.15, 0.2) is 65.8 Å². The van der Waals surface area contributed by atoms with Crippen molar-refractivity contribution in [1.29, 1.82) is 0 Å². The molecule has 0 aliphatic carbocycles. The molecule has 0 fully saturated rings. The molecule has 1 N–H and O–H groups in total. The first-order valence-corrected chi connectivity index (χ1v) is 10.1. The maximum absolute atomic E-state index is 12.7. The number of hydrogen-bond donors (Lipinski definition) is 1. The molecular weight excluding hydrogens is 372 g/mol. The molecule has 2 aromatic carbocycles. The second-order valence-electron chi connectivity index (χ2n) is 6.41. The van der Waals surface area contributed by atoms with Gasteiger partial charge in [0.2, 0.25) is 5.91 Å². The number of thioether (sulfide) groups is 1. The van der Waals surface area contributed by atoms with Crippen molar-refractivity contribution in [3.63, 3.8) is 0 Å². The fraction of sp³-hybridized carbons (Fsp3) is 0.286. The second kappa shape index (κ2) is 10.1. The SMILES string of the molecule is Cc1nnc(SCC(=O)N(CCO)Cc2ccccc2)n1Cc1ccccc1. The van der Waals surface area contributed by atoms with Gasteiger partial charge in [0.15, 0.2) is 5.16 Å². The number of aliphatic hydroxyl groups is 1. The topological polar surface area (TPSA) is 71.2 Å². The van der Waals surface area contributed by atoms with E-state index in [0.29, 0.717) is 19.6 Å². The first kappa shape index (κ1) is 20.1. The Bertz CT molecular complexity index is 884. The number of benzene rings is 2. The molecule has 3 rings (SSSR count). The summed E-state index contributed by atoms with van der Waals surface area (Å²) in [4.78, 5) is 14.4. The highest BCUT2D eigenvalue weighted by Gasteiger charge is 2.17. The standard InChI is InChI=1S/C21H24N4O2S/c1-17-22-23-21(25(17)15-19-10-6-3-7-11-19)28-16-20(27)24(12-13-26)14-18-8-4-2-5-9-18/h2-11,26H,12-16H2,1H3. The largest absolute Gasteiger partial charge is 0.395 e. The number of aliphatic hydroxyl groups excluding tert-OH is 1. The summed E-state index contributed by atoms with van der Waals surface area (Å²) < 4.78 is 2.01. The summed E-state index contributed by atoms with van der Waals surface area (Å²) in [7, 11) is 0. The Hall–Kier alpha value is -2.64. The predicted molar refractivity (Wildman–Crippen MR) is 110 cm³/mol. The summed E-state index contributed by atoms with van der Waals surface area (Å²) in [6.07, 6.45) is 0. The van der Waals surface area contributed by atoms with E-state index in [1.165, 1.54) is 11.8 Å². The normalized spacial score (nSPS) is 10.8. The van der Waals surface area contributed by atoms with Gasteiger partial charge in [0, 0.05) is 13.1 Å². The zero-order chi connectivity index (χ0) is 19.8. The van der Waals surface area contributed by atoms with Gasteiger partial charge in [0.25, 0.3) is 0 Å². The van der Waals surface area contributed by atoms with Crippen LogP contribution in [0.5, 0.6) is 0 Å². The third-order valence-electron chi connectivity index (χ3n) is 4.35. The lowest BCUT2D eigenvalue weighted by Crippen LogP contribution is -2.34. The first-order valence-electron chi connectivity index (χ1n) is 9.16. The first-order chi connectivity index (χ1) is 13.7.